The van der Waals surface area contributed by atoms with Crippen LogP contribution in [0.5, 0.6) is 0 Å². The number of pyridine rings is 1. The number of rotatable bonds is 2. The molecule has 1 atom stereocenters. The zero-order valence-corrected chi connectivity index (χ0v) is 10.3. The number of hydrogen-bond donors (Lipinski definition) is 1. The lowest BCUT2D eigenvalue weighted by molar-refractivity contribution is -0.143. The van der Waals surface area contributed by atoms with E-state index < -0.39 is 11.9 Å². The van der Waals surface area contributed by atoms with Gasteiger partial charge in [-0.25, -0.2) is 0 Å². The van der Waals surface area contributed by atoms with E-state index in [9.17, 15) is 9.59 Å². The number of carbonyl (C=O) groups excluding carboxylic acids is 1. The molecule has 1 aromatic rings. The highest BCUT2D eigenvalue weighted by Crippen LogP contribution is 2.19. The van der Waals surface area contributed by atoms with Gasteiger partial charge in [-0.1, -0.05) is 6.07 Å². The van der Waals surface area contributed by atoms with Crippen molar-refractivity contribution in [2.24, 2.45) is 5.92 Å². The summed E-state index contributed by atoms with van der Waals surface area (Å²) in [4.78, 5) is 28.9. The van der Waals surface area contributed by atoms with Gasteiger partial charge in [0.2, 0.25) is 0 Å². The van der Waals surface area contributed by atoms with E-state index >= 15 is 0 Å². The van der Waals surface area contributed by atoms with E-state index in [1.54, 1.807) is 17.2 Å². The van der Waals surface area contributed by atoms with Crippen LogP contribution in [0.3, 0.4) is 0 Å². The van der Waals surface area contributed by atoms with Crippen molar-refractivity contribution < 1.29 is 14.7 Å². The SMILES string of the molecule is Cc1cccnc1C(=O)N1CCC[C@@H](C(=O)O)C1. The van der Waals surface area contributed by atoms with Crippen LogP contribution in [0.4, 0.5) is 0 Å². The number of hydrogen-bond acceptors (Lipinski definition) is 3. The molecule has 96 valence electrons. The number of aryl methyl sites for hydroxylation is 1. The average molecular weight is 248 g/mol. The zero-order chi connectivity index (χ0) is 13.1. The van der Waals surface area contributed by atoms with Crippen LogP contribution in [0.25, 0.3) is 0 Å². The summed E-state index contributed by atoms with van der Waals surface area (Å²) in [6, 6.07) is 3.61. The van der Waals surface area contributed by atoms with Crippen molar-refractivity contribution in [2.45, 2.75) is 19.8 Å². The van der Waals surface area contributed by atoms with Crippen molar-refractivity contribution in [1.29, 1.82) is 0 Å². The monoisotopic (exact) mass is 248 g/mol. The molecular formula is C13H16N2O3. The van der Waals surface area contributed by atoms with Crippen molar-refractivity contribution in [3.8, 4) is 0 Å². The van der Waals surface area contributed by atoms with Gasteiger partial charge in [-0.2, -0.15) is 0 Å². The summed E-state index contributed by atoms with van der Waals surface area (Å²) in [6.45, 7) is 2.72. The summed E-state index contributed by atoms with van der Waals surface area (Å²) < 4.78 is 0. The van der Waals surface area contributed by atoms with Gasteiger partial charge in [-0.15, -0.1) is 0 Å². The summed E-state index contributed by atoms with van der Waals surface area (Å²) in [5.74, 6) is -1.45. The van der Waals surface area contributed by atoms with E-state index in [1.165, 1.54) is 0 Å². The molecule has 1 aliphatic heterocycles. The lowest BCUT2D eigenvalue weighted by atomic mass is 9.98. The van der Waals surface area contributed by atoms with E-state index in [0.29, 0.717) is 18.7 Å². The second-order valence-electron chi connectivity index (χ2n) is 4.60. The topological polar surface area (TPSA) is 70.5 Å². The molecule has 0 spiro atoms. The molecule has 1 N–H and O–H groups in total. The number of likely N-dealkylation sites (tertiary alicyclic amines) is 1. The average Bonchev–Trinajstić information content (AvgIpc) is 2.38. The summed E-state index contributed by atoms with van der Waals surface area (Å²) in [5, 5.41) is 9.01. The number of piperidine rings is 1. The Kier molecular flexibility index (Phi) is 3.60. The first-order chi connectivity index (χ1) is 8.59. The minimum atomic E-state index is -0.828. The molecule has 0 unspecified atom stereocenters. The number of nitrogens with zero attached hydrogens (tertiary/aromatic N) is 2. The van der Waals surface area contributed by atoms with E-state index in [4.69, 9.17) is 5.11 Å². The Morgan fingerprint density at radius 2 is 2.28 bits per heavy atom. The van der Waals surface area contributed by atoms with Crippen molar-refractivity contribution in [3.63, 3.8) is 0 Å². The molecule has 0 bridgehead atoms. The van der Waals surface area contributed by atoms with E-state index in [-0.39, 0.29) is 12.5 Å². The Labute approximate surface area is 105 Å². The molecule has 18 heavy (non-hydrogen) atoms. The number of carbonyl (C=O) groups is 2. The highest BCUT2D eigenvalue weighted by atomic mass is 16.4. The minimum Gasteiger partial charge on any atom is -0.481 e. The molecule has 0 aromatic carbocycles. The Morgan fingerprint density at radius 1 is 1.50 bits per heavy atom. The van der Waals surface area contributed by atoms with E-state index in [1.807, 2.05) is 13.0 Å². The van der Waals surface area contributed by atoms with Gasteiger partial charge in [0.15, 0.2) is 0 Å². The Morgan fingerprint density at radius 3 is 2.94 bits per heavy atom. The molecule has 0 saturated carbocycles. The first-order valence-corrected chi connectivity index (χ1v) is 6.03. The first kappa shape index (κ1) is 12.5. The maximum absolute atomic E-state index is 12.3. The molecule has 5 heteroatoms. The van der Waals surface area contributed by atoms with Crippen LogP contribution < -0.4 is 0 Å². The molecule has 2 rings (SSSR count). The number of carboxylic acid groups (broad SMARTS) is 1. The Bertz CT molecular complexity index is 473. The number of aliphatic carboxylic acids is 1. The fraction of sp³-hybridized carbons (Fsp3) is 0.462. The summed E-state index contributed by atoms with van der Waals surface area (Å²) in [7, 11) is 0. The second-order valence-corrected chi connectivity index (χ2v) is 4.60. The predicted molar refractivity (Wildman–Crippen MR) is 65.2 cm³/mol. The van der Waals surface area contributed by atoms with Crippen molar-refractivity contribution in [2.75, 3.05) is 13.1 Å². The van der Waals surface area contributed by atoms with Crippen LogP contribution in [0.15, 0.2) is 18.3 Å². The van der Waals surface area contributed by atoms with Crippen molar-refractivity contribution >= 4 is 11.9 Å². The summed E-state index contributed by atoms with van der Waals surface area (Å²) in [5.41, 5.74) is 1.24. The van der Waals surface area contributed by atoms with E-state index in [0.717, 1.165) is 12.0 Å². The van der Waals surface area contributed by atoms with Gasteiger partial charge in [0.1, 0.15) is 5.69 Å². The summed E-state index contributed by atoms with van der Waals surface area (Å²) in [6.07, 6.45) is 2.95. The van der Waals surface area contributed by atoms with Crippen LogP contribution >= 0.6 is 0 Å². The third-order valence-corrected chi connectivity index (χ3v) is 3.27. The molecule has 1 amide bonds. The van der Waals surface area contributed by atoms with Crippen LogP contribution in [-0.4, -0.2) is 40.0 Å². The summed E-state index contributed by atoms with van der Waals surface area (Å²) >= 11 is 0. The maximum Gasteiger partial charge on any atom is 0.308 e. The molecule has 5 nitrogen and oxygen atoms in total. The van der Waals surface area contributed by atoms with Crippen LogP contribution in [-0.2, 0) is 4.79 Å². The predicted octanol–water partition coefficient (Wildman–Crippen LogP) is 1.33. The number of aromatic nitrogens is 1. The standard InChI is InChI=1S/C13H16N2O3/c1-9-4-2-6-14-11(9)12(16)15-7-3-5-10(8-15)13(17)18/h2,4,6,10H,3,5,7-8H2,1H3,(H,17,18)/t10-/m1/s1. The fourth-order valence-electron chi connectivity index (χ4n) is 2.22. The van der Waals surface area contributed by atoms with Crippen molar-refractivity contribution in [3.05, 3.63) is 29.6 Å². The van der Waals surface area contributed by atoms with Gasteiger partial charge >= 0.3 is 5.97 Å². The molecule has 1 fully saturated rings. The normalized spacial score (nSPS) is 19.6. The molecule has 0 aliphatic carbocycles. The third-order valence-electron chi connectivity index (χ3n) is 3.27. The quantitative estimate of drug-likeness (QED) is 0.857. The maximum atomic E-state index is 12.3. The van der Waals surface area contributed by atoms with Gasteiger partial charge in [-0.3, -0.25) is 14.6 Å². The molecule has 1 saturated heterocycles. The Hall–Kier alpha value is -1.91. The molecule has 1 aliphatic rings. The Balaban J connectivity index is 2.14. The lowest BCUT2D eigenvalue weighted by Gasteiger charge is -2.30. The van der Waals surface area contributed by atoms with Gasteiger partial charge in [0, 0.05) is 19.3 Å². The first-order valence-electron chi connectivity index (χ1n) is 6.03. The zero-order valence-electron chi connectivity index (χ0n) is 10.3. The van der Waals surface area contributed by atoms with Crippen LogP contribution in [0, 0.1) is 12.8 Å². The van der Waals surface area contributed by atoms with Crippen molar-refractivity contribution in [1.82, 2.24) is 9.88 Å². The largest absolute Gasteiger partial charge is 0.481 e. The van der Waals surface area contributed by atoms with Crippen LogP contribution in [0.1, 0.15) is 28.9 Å². The lowest BCUT2D eigenvalue weighted by Crippen LogP contribution is -2.42. The molecule has 1 aromatic heterocycles. The smallest absolute Gasteiger partial charge is 0.308 e. The minimum absolute atomic E-state index is 0.168. The van der Waals surface area contributed by atoms with Crippen LogP contribution in [0.2, 0.25) is 0 Å². The fourth-order valence-corrected chi connectivity index (χ4v) is 2.22. The van der Waals surface area contributed by atoms with Gasteiger partial charge in [-0.05, 0) is 31.4 Å². The molecular weight excluding hydrogens is 232 g/mol. The highest BCUT2D eigenvalue weighted by Gasteiger charge is 2.29. The van der Waals surface area contributed by atoms with Gasteiger partial charge in [0.05, 0.1) is 5.92 Å². The third kappa shape index (κ3) is 2.50. The number of amides is 1. The number of carboxylic acids is 1. The van der Waals surface area contributed by atoms with Gasteiger partial charge in [0.25, 0.3) is 5.91 Å². The molecule has 0 radical (unpaired) electrons. The van der Waals surface area contributed by atoms with E-state index in [2.05, 4.69) is 4.98 Å². The molecule has 2 heterocycles. The second kappa shape index (κ2) is 5.16. The highest BCUT2D eigenvalue weighted by molar-refractivity contribution is 5.94. The van der Waals surface area contributed by atoms with Gasteiger partial charge < -0.3 is 10.0 Å².